The molecule has 0 bridgehead atoms. The quantitative estimate of drug-likeness (QED) is 0.862. The van der Waals surface area contributed by atoms with Crippen LogP contribution in [0.3, 0.4) is 0 Å². The lowest BCUT2D eigenvalue weighted by Gasteiger charge is -2.13. The van der Waals surface area contributed by atoms with Gasteiger partial charge in [0, 0.05) is 18.4 Å². The minimum atomic E-state index is -2.82. The van der Waals surface area contributed by atoms with E-state index in [0.29, 0.717) is 12.2 Å². The third-order valence-corrected chi connectivity index (χ3v) is 2.83. The molecule has 0 aliphatic rings. The van der Waals surface area contributed by atoms with E-state index in [1.807, 2.05) is 18.3 Å². The first-order chi connectivity index (χ1) is 9.20. The average molecular weight is 266 g/mol. The SMILES string of the molecule is CCn1cccc1CNc1ccccc1OC(F)F. The van der Waals surface area contributed by atoms with E-state index in [1.165, 1.54) is 6.07 Å². The molecule has 0 saturated heterocycles. The Morgan fingerprint density at radius 1 is 1.21 bits per heavy atom. The topological polar surface area (TPSA) is 26.2 Å². The number of aromatic nitrogens is 1. The van der Waals surface area contributed by atoms with Crippen LogP contribution in [-0.2, 0) is 13.1 Å². The number of hydrogen-bond donors (Lipinski definition) is 1. The van der Waals surface area contributed by atoms with Crippen molar-refractivity contribution in [1.82, 2.24) is 4.57 Å². The molecule has 0 atom stereocenters. The molecule has 2 rings (SSSR count). The zero-order valence-corrected chi connectivity index (χ0v) is 10.6. The second kappa shape index (κ2) is 6.22. The van der Waals surface area contributed by atoms with Crippen molar-refractivity contribution in [3.63, 3.8) is 0 Å². The lowest BCUT2D eigenvalue weighted by molar-refractivity contribution is -0.0493. The number of benzene rings is 1. The summed E-state index contributed by atoms with van der Waals surface area (Å²) in [6.45, 7) is 0.670. The minimum absolute atomic E-state index is 0.159. The van der Waals surface area contributed by atoms with E-state index in [2.05, 4.69) is 21.5 Å². The number of nitrogens with zero attached hydrogens (tertiary/aromatic N) is 1. The Hall–Kier alpha value is -2.04. The molecule has 0 amide bonds. The zero-order chi connectivity index (χ0) is 13.7. The highest BCUT2D eigenvalue weighted by atomic mass is 19.3. The van der Waals surface area contributed by atoms with Gasteiger partial charge in [0.15, 0.2) is 0 Å². The van der Waals surface area contributed by atoms with Crippen LogP contribution in [0, 0.1) is 0 Å². The summed E-state index contributed by atoms with van der Waals surface area (Å²) in [5.41, 5.74) is 1.65. The Bertz CT molecular complexity index is 526. The van der Waals surface area contributed by atoms with Gasteiger partial charge in [0.1, 0.15) is 5.75 Å². The van der Waals surface area contributed by atoms with Crippen LogP contribution in [0.2, 0.25) is 0 Å². The molecule has 0 aliphatic carbocycles. The molecular formula is C14H16F2N2O. The summed E-state index contributed by atoms with van der Waals surface area (Å²) in [5, 5.41) is 3.12. The van der Waals surface area contributed by atoms with Crippen molar-refractivity contribution >= 4 is 5.69 Å². The van der Waals surface area contributed by atoms with Gasteiger partial charge in [0.2, 0.25) is 0 Å². The highest BCUT2D eigenvalue weighted by Crippen LogP contribution is 2.25. The van der Waals surface area contributed by atoms with Gasteiger partial charge in [-0.2, -0.15) is 8.78 Å². The van der Waals surface area contributed by atoms with Crippen LogP contribution in [0.5, 0.6) is 5.75 Å². The summed E-state index contributed by atoms with van der Waals surface area (Å²) in [6.07, 6.45) is 1.98. The van der Waals surface area contributed by atoms with Crippen molar-refractivity contribution in [2.45, 2.75) is 26.6 Å². The molecule has 0 spiro atoms. The first-order valence-corrected chi connectivity index (χ1v) is 6.12. The molecule has 0 aliphatic heterocycles. The molecule has 5 heteroatoms. The average Bonchev–Trinajstić information content (AvgIpc) is 2.84. The number of para-hydroxylation sites is 2. The lowest BCUT2D eigenvalue weighted by atomic mass is 10.3. The number of halogens is 2. The maximum absolute atomic E-state index is 12.3. The fourth-order valence-corrected chi connectivity index (χ4v) is 1.92. The lowest BCUT2D eigenvalue weighted by Crippen LogP contribution is -2.08. The van der Waals surface area contributed by atoms with E-state index in [-0.39, 0.29) is 5.75 Å². The summed E-state index contributed by atoms with van der Waals surface area (Å²) >= 11 is 0. The van der Waals surface area contributed by atoms with E-state index >= 15 is 0 Å². The zero-order valence-electron chi connectivity index (χ0n) is 10.6. The minimum Gasteiger partial charge on any atom is -0.433 e. The van der Waals surface area contributed by atoms with E-state index in [1.54, 1.807) is 18.2 Å². The van der Waals surface area contributed by atoms with Gasteiger partial charge >= 0.3 is 6.61 Å². The molecule has 2 aromatic rings. The normalized spacial score (nSPS) is 10.7. The van der Waals surface area contributed by atoms with Gasteiger partial charge in [-0.3, -0.25) is 0 Å². The number of ether oxygens (including phenoxy) is 1. The van der Waals surface area contributed by atoms with Crippen LogP contribution >= 0.6 is 0 Å². The summed E-state index contributed by atoms with van der Waals surface area (Å²) in [5.74, 6) is 0.159. The second-order valence-electron chi connectivity index (χ2n) is 4.01. The Balaban J connectivity index is 2.07. The van der Waals surface area contributed by atoms with Gasteiger partial charge in [-0.15, -0.1) is 0 Å². The Morgan fingerprint density at radius 2 is 2.00 bits per heavy atom. The molecular weight excluding hydrogens is 250 g/mol. The largest absolute Gasteiger partial charge is 0.433 e. The van der Waals surface area contributed by atoms with E-state index < -0.39 is 6.61 Å². The monoisotopic (exact) mass is 266 g/mol. The second-order valence-corrected chi connectivity index (χ2v) is 4.01. The molecule has 3 nitrogen and oxygen atoms in total. The van der Waals surface area contributed by atoms with E-state index in [4.69, 9.17) is 0 Å². The smallest absolute Gasteiger partial charge is 0.387 e. The third kappa shape index (κ3) is 3.47. The van der Waals surface area contributed by atoms with Crippen molar-refractivity contribution in [3.8, 4) is 5.75 Å². The van der Waals surface area contributed by atoms with Crippen molar-refractivity contribution in [2.24, 2.45) is 0 Å². The fourth-order valence-electron chi connectivity index (χ4n) is 1.92. The number of alkyl halides is 2. The summed E-state index contributed by atoms with van der Waals surface area (Å²) in [6, 6.07) is 10.6. The van der Waals surface area contributed by atoms with Gasteiger partial charge in [-0.05, 0) is 31.2 Å². The van der Waals surface area contributed by atoms with Crippen LogP contribution in [0.15, 0.2) is 42.6 Å². The van der Waals surface area contributed by atoms with Crippen molar-refractivity contribution in [2.75, 3.05) is 5.32 Å². The Labute approximate surface area is 110 Å². The van der Waals surface area contributed by atoms with Crippen LogP contribution in [0.1, 0.15) is 12.6 Å². The van der Waals surface area contributed by atoms with Crippen molar-refractivity contribution in [3.05, 3.63) is 48.3 Å². The maximum Gasteiger partial charge on any atom is 0.387 e. The van der Waals surface area contributed by atoms with Crippen LogP contribution in [0.4, 0.5) is 14.5 Å². The number of nitrogens with one attached hydrogen (secondary N) is 1. The highest BCUT2D eigenvalue weighted by Gasteiger charge is 2.09. The predicted octanol–water partition coefficient (Wildman–Crippen LogP) is 3.72. The highest BCUT2D eigenvalue weighted by molar-refractivity contribution is 5.56. The first kappa shape index (κ1) is 13.4. The molecule has 0 saturated carbocycles. The van der Waals surface area contributed by atoms with Gasteiger partial charge in [-0.25, -0.2) is 0 Å². The number of rotatable bonds is 6. The molecule has 1 aromatic heterocycles. The Kier molecular flexibility index (Phi) is 4.39. The molecule has 102 valence electrons. The molecule has 0 unspecified atom stereocenters. The first-order valence-electron chi connectivity index (χ1n) is 6.12. The van der Waals surface area contributed by atoms with Gasteiger partial charge in [0.25, 0.3) is 0 Å². The molecule has 0 radical (unpaired) electrons. The summed E-state index contributed by atoms with van der Waals surface area (Å²) < 4.78 is 31.1. The number of hydrogen-bond acceptors (Lipinski definition) is 2. The van der Waals surface area contributed by atoms with Crippen molar-refractivity contribution in [1.29, 1.82) is 0 Å². The van der Waals surface area contributed by atoms with E-state index in [9.17, 15) is 8.78 Å². The molecule has 19 heavy (non-hydrogen) atoms. The summed E-state index contributed by atoms with van der Waals surface area (Å²) in [7, 11) is 0. The van der Waals surface area contributed by atoms with Crippen molar-refractivity contribution < 1.29 is 13.5 Å². The number of aryl methyl sites for hydroxylation is 1. The number of anilines is 1. The fraction of sp³-hybridized carbons (Fsp3) is 0.286. The van der Waals surface area contributed by atoms with Gasteiger partial charge in [0.05, 0.1) is 12.2 Å². The maximum atomic E-state index is 12.3. The molecule has 1 heterocycles. The summed E-state index contributed by atoms with van der Waals surface area (Å²) in [4.78, 5) is 0. The third-order valence-electron chi connectivity index (χ3n) is 2.83. The Morgan fingerprint density at radius 3 is 2.74 bits per heavy atom. The molecule has 0 fully saturated rings. The standard InChI is InChI=1S/C14H16F2N2O/c1-2-18-9-5-6-11(18)10-17-12-7-3-4-8-13(12)19-14(15)16/h3-9,14,17H,2,10H2,1H3. The predicted molar refractivity (Wildman–Crippen MR) is 70.5 cm³/mol. The van der Waals surface area contributed by atoms with Crippen LogP contribution in [-0.4, -0.2) is 11.2 Å². The van der Waals surface area contributed by atoms with Gasteiger partial charge in [-0.1, -0.05) is 12.1 Å². The van der Waals surface area contributed by atoms with Crippen LogP contribution in [0.25, 0.3) is 0 Å². The van der Waals surface area contributed by atoms with E-state index in [0.717, 1.165) is 12.2 Å². The van der Waals surface area contributed by atoms with Gasteiger partial charge < -0.3 is 14.6 Å². The van der Waals surface area contributed by atoms with Crippen LogP contribution < -0.4 is 10.1 Å². The molecule has 1 N–H and O–H groups in total. The molecule has 1 aromatic carbocycles.